The van der Waals surface area contributed by atoms with Gasteiger partial charge in [0.2, 0.25) is 5.91 Å². The molecule has 0 bridgehead atoms. The van der Waals surface area contributed by atoms with E-state index in [9.17, 15) is 4.79 Å². The Labute approximate surface area is 121 Å². The molecule has 1 amide bonds. The summed E-state index contributed by atoms with van der Waals surface area (Å²) < 4.78 is 0. The number of benzene rings is 1. The minimum Gasteiger partial charge on any atom is -0.325 e. The topological polar surface area (TPSA) is 44.4 Å². The average molecular weight is 275 g/mol. The SMILES string of the molecule is Cc1ccc(NC(=O)CNCC(C)N(C)C2CC2)cc1. The van der Waals surface area contributed by atoms with Crippen molar-refractivity contribution in [1.29, 1.82) is 0 Å². The molecule has 2 N–H and O–H groups in total. The molecule has 110 valence electrons. The van der Waals surface area contributed by atoms with Gasteiger partial charge in [0.05, 0.1) is 6.54 Å². The number of anilines is 1. The van der Waals surface area contributed by atoms with Crippen LogP contribution in [0.15, 0.2) is 24.3 Å². The Balaban J connectivity index is 1.65. The maximum atomic E-state index is 11.8. The van der Waals surface area contributed by atoms with E-state index in [2.05, 4.69) is 29.5 Å². The molecule has 1 aliphatic rings. The van der Waals surface area contributed by atoms with E-state index in [1.54, 1.807) is 0 Å². The maximum absolute atomic E-state index is 11.8. The first kappa shape index (κ1) is 15.0. The number of hydrogen-bond acceptors (Lipinski definition) is 3. The molecule has 1 aromatic rings. The number of aryl methyl sites for hydroxylation is 1. The van der Waals surface area contributed by atoms with E-state index in [1.807, 2.05) is 31.2 Å². The zero-order valence-electron chi connectivity index (χ0n) is 12.6. The Morgan fingerprint density at radius 2 is 2.00 bits per heavy atom. The molecule has 4 heteroatoms. The third-order valence-corrected chi connectivity index (χ3v) is 3.88. The van der Waals surface area contributed by atoms with Crippen LogP contribution in [-0.4, -0.2) is 43.0 Å². The van der Waals surface area contributed by atoms with Crippen LogP contribution in [0.1, 0.15) is 25.3 Å². The van der Waals surface area contributed by atoms with Crippen molar-refractivity contribution in [2.75, 3.05) is 25.5 Å². The lowest BCUT2D eigenvalue weighted by atomic mass is 10.2. The molecule has 0 heterocycles. The molecule has 1 atom stereocenters. The van der Waals surface area contributed by atoms with E-state index in [0.29, 0.717) is 12.6 Å². The molecule has 4 nitrogen and oxygen atoms in total. The summed E-state index contributed by atoms with van der Waals surface area (Å²) in [7, 11) is 2.16. The molecule has 1 aromatic carbocycles. The molecule has 1 aliphatic carbocycles. The number of carbonyl (C=O) groups excluding carboxylic acids is 1. The van der Waals surface area contributed by atoms with Crippen LogP contribution in [-0.2, 0) is 4.79 Å². The molecule has 0 aliphatic heterocycles. The van der Waals surface area contributed by atoms with Crippen LogP contribution >= 0.6 is 0 Å². The lowest BCUT2D eigenvalue weighted by Crippen LogP contribution is -2.41. The van der Waals surface area contributed by atoms with Crippen LogP contribution < -0.4 is 10.6 Å². The lowest BCUT2D eigenvalue weighted by Gasteiger charge is -2.24. The number of nitrogens with zero attached hydrogens (tertiary/aromatic N) is 1. The summed E-state index contributed by atoms with van der Waals surface area (Å²) >= 11 is 0. The van der Waals surface area contributed by atoms with Gasteiger partial charge in [-0.15, -0.1) is 0 Å². The molecule has 1 saturated carbocycles. The Bertz CT molecular complexity index is 440. The van der Waals surface area contributed by atoms with Crippen molar-refractivity contribution in [1.82, 2.24) is 10.2 Å². The standard InChI is InChI=1S/C16H25N3O/c1-12-4-6-14(7-5-12)18-16(20)11-17-10-13(2)19(3)15-8-9-15/h4-7,13,15,17H,8-11H2,1-3H3,(H,18,20). The van der Waals surface area contributed by atoms with Gasteiger partial charge in [-0.05, 0) is 45.9 Å². The Kier molecular flexibility index (Phi) is 5.15. The summed E-state index contributed by atoms with van der Waals surface area (Å²) in [5, 5.41) is 6.12. The Morgan fingerprint density at radius 1 is 1.35 bits per heavy atom. The minimum atomic E-state index is 0.00938. The van der Waals surface area contributed by atoms with Gasteiger partial charge in [-0.1, -0.05) is 17.7 Å². The number of carbonyl (C=O) groups is 1. The molecule has 0 radical (unpaired) electrons. The number of hydrogen-bond donors (Lipinski definition) is 2. The zero-order chi connectivity index (χ0) is 14.5. The van der Waals surface area contributed by atoms with Crippen molar-refractivity contribution in [2.45, 2.75) is 38.8 Å². The Hall–Kier alpha value is -1.39. The number of likely N-dealkylation sites (N-methyl/N-ethyl adjacent to an activating group) is 1. The second kappa shape index (κ2) is 6.86. The van der Waals surface area contributed by atoms with Gasteiger partial charge in [0.25, 0.3) is 0 Å². The normalized spacial score (nSPS) is 16.2. The zero-order valence-corrected chi connectivity index (χ0v) is 12.6. The molecular weight excluding hydrogens is 250 g/mol. The smallest absolute Gasteiger partial charge is 0.238 e. The van der Waals surface area contributed by atoms with Gasteiger partial charge >= 0.3 is 0 Å². The van der Waals surface area contributed by atoms with Gasteiger partial charge in [0.1, 0.15) is 0 Å². The molecular formula is C16H25N3O. The van der Waals surface area contributed by atoms with Crippen LogP contribution in [0.4, 0.5) is 5.69 Å². The first-order valence-corrected chi connectivity index (χ1v) is 7.35. The number of nitrogens with one attached hydrogen (secondary N) is 2. The van der Waals surface area contributed by atoms with Crippen molar-refractivity contribution in [3.63, 3.8) is 0 Å². The van der Waals surface area contributed by atoms with Crippen LogP contribution in [0.25, 0.3) is 0 Å². The molecule has 1 fully saturated rings. The summed E-state index contributed by atoms with van der Waals surface area (Å²) in [6.07, 6.45) is 2.63. The summed E-state index contributed by atoms with van der Waals surface area (Å²) in [4.78, 5) is 14.2. The number of amides is 1. The molecule has 0 saturated heterocycles. The van der Waals surface area contributed by atoms with Gasteiger partial charge in [0, 0.05) is 24.3 Å². The fraction of sp³-hybridized carbons (Fsp3) is 0.562. The quantitative estimate of drug-likeness (QED) is 0.800. The highest BCUT2D eigenvalue weighted by atomic mass is 16.1. The Morgan fingerprint density at radius 3 is 2.60 bits per heavy atom. The van der Waals surface area contributed by atoms with Gasteiger partial charge in [0.15, 0.2) is 0 Å². The summed E-state index contributed by atoms with van der Waals surface area (Å²) in [6.45, 7) is 5.43. The highest BCUT2D eigenvalue weighted by Gasteiger charge is 2.28. The number of rotatable bonds is 7. The van der Waals surface area contributed by atoms with Crippen molar-refractivity contribution < 1.29 is 4.79 Å². The van der Waals surface area contributed by atoms with E-state index < -0.39 is 0 Å². The van der Waals surface area contributed by atoms with Gasteiger partial charge in [-0.3, -0.25) is 9.69 Å². The van der Waals surface area contributed by atoms with Gasteiger partial charge in [-0.25, -0.2) is 0 Å². The van der Waals surface area contributed by atoms with Crippen LogP contribution in [0.3, 0.4) is 0 Å². The second-order valence-electron chi connectivity index (χ2n) is 5.79. The third-order valence-electron chi connectivity index (χ3n) is 3.88. The fourth-order valence-corrected chi connectivity index (χ4v) is 2.22. The third kappa shape index (κ3) is 4.62. The monoisotopic (exact) mass is 275 g/mol. The van der Waals surface area contributed by atoms with Crippen molar-refractivity contribution in [3.05, 3.63) is 29.8 Å². The maximum Gasteiger partial charge on any atom is 0.238 e. The lowest BCUT2D eigenvalue weighted by molar-refractivity contribution is -0.115. The highest BCUT2D eigenvalue weighted by molar-refractivity contribution is 5.92. The van der Waals surface area contributed by atoms with Crippen molar-refractivity contribution in [2.24, 2.45) is 0 Å². The minimum absolute atomic E-state index is 0.00938. The molecule has 0 spiro atoms. The van der Waals surface area contributed by atoms with Crippen LogP contribution in [0.2, 0.25) is 0 Å². The fourth-order valence-electron chi connectivity index (χ4n) is 2.22. The predicted octanol–water partition coefficient (Wildman–Crippen LogP) is 2.01. The molecule has 1 unspecified atom stereocenters. The van der Waals surface area contributed by atoms with Crippen LogP contribution in [0, 0.1) is 6.92 Å². The van der Waals surface area contributed by atoms with Crippen LogP contribution in [0.5, 0.6) is 0 Å². The summed E-state index contributed by atoms with van der Waals surface area (Å²) in [5.41, 5.74) is 2.05. The summed E-state index contributed by atoms with van der Waals surface area (Å²) in [6, 6.07) is 9.07. The first-order valence-electron chi connectivity index (χ1n) is 7.35. The molecule has 20 heavy (non-hydrogen) atoms. The highest BCUT2D eigenvalue weighted by Crippen LogP contribution is 2.26. The van der Waals surface area contributed by atoms with E-state index in [1.165, 1.54) is 18.4 Å². The average Bonchev–Trinajstić information content (AvgIpc) is 3.25. The first-order chi connectivity index (χ1) is 9.56. The van der Waals surface area contributed by atoms with E-state index >= 15 is 0 Å². The van der Waals surface area contributed by atoms with E-state index in [4.69, 9.17) is 0 Å². The van der Waals surface area contributed by atoms with Gasteiger partial charge in [-0.2, -0.15) is 0 Å². The van der Waals surface area contributed by atoms with Gasteiger partial charge < -0.3 is 10.6 Å². The molecule has 0 aromatic heterocycles. The largest absolute Gasteiger partial charge is 0.325 e. The van der Waals surface area contributed by atoms with E-state index in [-0.39, 0.29) is 5.91 Å². The van der Waals surface area contributed by atoms with E-state index in [0.717, 1.165) is 18.3 Å². The van der Waals surface area contributed by atoms with Crippen molar-refractivity contribution >= 4 is 11.6 Å². The van der Waals surface area contributed by atoms with Crippen molar-refractivity contribution in [3.8, 4) is 0 Å². The second-order valence-corrected chi connectivity index (χ2v) is 5.79. The molecule has 2 rings (SSSR count). The predicted molar refractivity (Wildman–Crippen MR) is 82.9 cm³/mol. The summed E-state index contributed by atoms with van der Waals surface area (Å²) in [5.74, 6) is 0.00938.